The standard InChI is InChI=1S/C16H15ClN2O2S2/c1-2-3-16-18-14-9-6-12(10-15(14)22-16)19-23(20,21)13-7-4-11(17)5-8-13/h4-10,19H,2-3H2,1H3. The number of aromatic nitrogens is 1. The van der Waals surface area contributed by atoms with E-state index in [2.05, 4.69) is 16.6 Å². The van der Waals surface area contributed by atoms with Gasteiger partial charge in [-0.05, 0) is 55.3 Å². The predicted octanol–water partition coefficient (Wildman–Crippen LogP) is 4.70. The second kappa shape index (κ2) is 6.47. The largest absolute Gasteiger partial charge is 0.280 e. The van der Waals surface area contributed by atoms with Crippen LogP contribution in [0.2, 0.25) is 5.02 Å². The third-order valence-corrected chi connectivity index (χ3v) is 6.00. The molecule has 0 aliphatic rings. The quantitative estimate of drug-likeness (QED) is 0.711. The van der Waals surface area contributed by atoms with Gasteiger partial charge in [0.2, 0.25) is 0 Å². The molecule has 0 fully saturated rings. The molecule has 7 heteroatoms. The smallest absolute Gasteiger partial charge is 0.261 e. The number of halogens is 1. The summed E-state index contributed by atoms with van der Waals surface area (Å²) in [5.41, 5.74) is 1.42. The van der Waals surface area contributed by atoms with Crippen LogP contribution >= 0.6 is 22.9 Å². The molecule has 0 bridgehead atoms. The maximum absolute atomic E-state index is 12.4. The molecule has 0 saturated carbocycles. The van der Waals surface area contributed by atoms with Crippen LogP contribution in [0.15, 0.2) is 47.4 Å². The van der Waals surface area contributed by atoms with Crippen LogP contribution in [0.5, 0.6) is 0 Å². The summed E-state index contributed by atoms with van der Waals surface area (Å²) < 4.78 is 28.4. The summed E-state index contributed by atoms with van der Waals surface area (Å²) in [5, 5.41) is 1.57. The Morgan fingerprint density at radius 3 is 2.61 bits per heavy atom. The van der Waals surface area contributed by atoms with Crippen LogP contribution in [0.4, 0.5) is 5.69 Å². The highest BCUT2D eigenvalue weighted by Crippen LogP contribution is 2.27. The first-order chi connectivity index (χ1) is 11.0. The number of hydrogen-bond acceptors (Lipinski definition) is 4. The van der Waals surface area contributed by atoms with E-state index < -0.39 is 10.0 Å². The summed E-state index contributed by atoms with van der Waals surface area (Å²) in [6, 6.07) is 11.5. The molecule has 0 amide bonds. The minimum atomic E-state index is -3.63. The van der Waals surface area contributed by atoms with Crippen molar-refractivity contribution in [1.29, 1.82) is 0 Å². The molecule has 1 aromatic heterocycles. The molecule has 0 aliphatic heterocycles. The number of anilines is 1. The number of hydrogen-bond donors (Lipinski definition) is 1. The summed E-state index contributed by atoms with van der Waals surface area (Å²) >= 11 is 7.39. The fraction of sp³-hybridized carbons (Fsp3) is 0.188. The van der Waals surface area contributed by atoms with Crippen LogP contribution in [0.3, 0.4) is 0 Å². The molecule has 3 rings (SSSR count). The van der Waals surface area contributed by atoms with Crippen molar-refractivity contribution in [2.75, 3.05) is 4.72 Å². The van der Waals surface area contributed by atoms with E-state index in [0.717, 1.165) is 28.1 Å². The van der Waals surface area contributed by atoms with E-state index in [1.165, 1.54) is 12.1 Å². The number of aryl methyl sites for hydroxylation is 1. The van der Waals surface area contributed by atoms with Gasteiger partial charge in [0.25, 0.3) is 10.0 Å². The molecule has 0 radical (unpaired) electrons. The highest BCUT2D eigenvalue weighted by molar-refractivity contribution is 7.92. The van der Waals surface area contributed by atoms with Crippen LogP contribution < -0.4 is 4.72 Å². The van der Waals surface area contributed by atoms with Crippen LogP contribution in [0.25, 0.3) is 10.2 Å². The Bertz CT molecular complexity index is 934. The lowest BCUT2D eigenvalue weighted by atomic mass is 10.3. The zero-order valence-electron chi connectivity index (χ0n) is 12.4. The monoisotopic (exact) mass is 366 g/mol. The molecule has 4 nitrogen and oxygen atoms in total. The topological polar surface area (TPSA) is 59.1 Å². The fourth-order valence-electron chi connectivity index (χ4n) is 2.18. The van der Waals surface area contributed by atoms with Crippen molar-refractivity contribution in [1.82, 2.24) is 4.98 Å². The fourth-order valence-corrected chi connectivity index (χ4v) is 4.47. The summed E-state index contributed by atoms with van der Waals surface area (Å²) in [6.07, 6.45) is 1.97. The highest BCUT2D eigenvalue weighted by Gasteiger charge is 2.14. The lowest BCUT2D eigenvalue weighted by Crippen LogP contribution is -2.12. The van der Waals surface area contributed by atoms with Crippen molar-refractivity contribution in [3.8, 4) is 0 Å². The summed E-state index contributed by atoms with van der Waals surface area (Å²) in [7, 11) is -3.63. The van der Waals surface area contributed by atoms with Gasteiger partial charge in [0.1, 0.15) is 0 Å². The maximum Gasteiger partial charge on any atom is 0.261 e. The SMILES string of the molecule is CCCc1nc2ccc(NS(=O)(=O)c3ccc(Cl)cc3)cc2s1. The molecule has 120 valence electrons. The molecule has 3 aromatic rings. The van der Waals surface area contributed by atoms with E-state index >= 15 is 0 Å². The third-order valence-electron chi connectivity index (χ3n) is 3.27. The minimum absolute atomic E-state index is 0.179. The van der Waals surface area contributed by atoms with Gasteiger partial charge in [0.15, 0.2) is 0 Å². The van der Waals surface area contributed by atoms with Crippen LogP contribution in [0.1, 0.15) is 18.4 Å². The van der Waals surface area contributed by atoms with E-state index in [1.807, 2.05) is 12.1 Å². The Morgan fingerprint density at radius 1 is 1.17 bits per heavy atom. The lowest BCUT2D eigenvalue weighted by Gasteiger charge is -2.08. The minimum Gasteiger partial charge on any atom is -0.280 e. The Hall–Kier alpha value is -1.63. The van der Waals surface area contributed by atoms with E-state index in [1.54, 1.807) is 29.5 Å². The van der Waals surface area contributed by atoms with Gasteiger partial charge in [0, 0.05) is 5.02 Å². The second-order valence-electron chi connectivity index (χ2n) is 5.10. The van der Waals surface area contributed by atoms with Crippen molar-refractivity contribution in [2.24, 2.45) is 0 Å². The molecule has 1 heterocycles. The van der Waals surface area contributed by atoms with Crippen molar-refractivity contribution in [2.45, 2.75) is 24.7 Å². The van der Waals surface area contributed by atoms with Crippen LogP contribution in [-0.2, 0) is 16.4 Å². The highest BCUT2D eigenvalue weighted by atomic mass is 35.5. The number of benzene rings is 2. The summed E-state index contributed by atoms with van der Waals surface area (Å²) in [4.78, 5) is 4.71. The molecular weight excluding hydrogens is 352 g/mol. The van der Waals surface area contributed by atoms with Gasteiger partial charge in [-0.1, -0.05) is 18.5 Å². The van der Waals surface area contributed by atoms with E-state index in [-0.39, 0.29) is 4.90 Å². The zero-order chi connectivity index (χ0) is 16.4. The summed E-state index contributed by atoms with van der Waals surface area (Å²) in [6.45, 7) is 2.11. The van der Waals surface area contributed by atoms with Gasteiger partial charge in [0.05, 0.1) is 25.8 Å². The molecule has 2 aromatic carbocycles. The predicted molar refractivity (Wildman–Crippen MR) is 95.9 cm³/mol. The first-order valence-electron chi connectivity index (χ1n) is 7.16. The van der Waals surface area contributed by atoms with Gasteiger partial charge in [-0.15, -0.1) is 11.3 Å². The van der Waals surface area contributed by atoms with E-state index in [9.17, 15) is 8.42 Å². The molecule has 0 aliphatic carbocycles. The molecule has 23 heavy (non-hydrogen) atoms. The average molecular weight is 367 g/mol. The Balaban J connectivity index is 1.89. The number of fused-ring (bicyclic) bond motifs is 1. The number of sulfonamides is 1. The van der Waals surface area contributed by atoms with Gasteiger partial charge in [-0.2, -0.15) is 0 Å². The lowest BCUT2D eigenvalue weighted by molar-refractivity contribution is 0.601. The van der Waals surface area contributed by atoms with Gasteiger partial charge in [-0.3, -0.25) is 4.72 Å². The van der Waals surface area contributed by atoms with E-state index in [4.69, 9.17) is 11.6 Å². The van der Waals surface area contributed by atoms with Gasteiger partial charge >= 0.3 is 0 Å². The Kier molecular flexibility index (Phi) is 4.57. The summed E-state index contributed by atoms with van der Waals surface area (Å²) in [5.74, 6) is 0. The number of nitrogens with zero attached hydrogens (tertiary/aromatic N) is 1. The van der Waals surface area contributed by atoms with Crippen molar-refractivity contribution >= 4 is 48.9 Å². The van der Waals surface area contributed by atoms with Crippen LogP contribution in [-0.4, -0.2) is 13.4 Å². The second-order valence-corrected chi connectivity index (χ2v) is 8.33. The maximum atomic E-state index is 12.4. The van der Waals surface area contributed by atoms with Gasteiger partial charge in [-0.25, -0.2) is 13.4 Å². The molecule has 0 atom stereocenters. The third kappa shape index (κ3) is 3.65. The first-order valence-corrected chi connectivity index (χ1v) is 9.83. The first kappa shape index (κ1) is 16.2. The van der Waals surface area contributed by atoms with Gasteiger partial charge < -0.3 is 0 Å². The Labute approximate surface area is 144 Å². The molecule has 1 N–H and O–H groups in total. The average Bonchev–Trinajstić information content (AvgIpc) is 2.89. The van der Waals surface area contributed by atoms with Crippen molar-refractivity contribution < 1.29 is 8.42 Å². The molecule has 0 unspecified atom stereocenters. The zero-order valence-corrected chi connectivity index (χ0v) is 14.8. The molecule has 0 spiro atoms. The number of thiazole rings is 1. The van der Waals surface area contributed by atoms with Crippen LogP contribution in [0, 0.1) is 0 Å². The number of rotatable bonds is 5. The van der Waals surface area contributed by atoms with E-state index in [0.29, 0.717) is 10.7 Å². The van der Waals surface area contributed by atoms with Crippen molar-refractivity contribution in [3.63, 3.8) is 0 Å². The molecular formula is C16H15ClN2O2S2. The normalized spacial score (nSPS) is 11.7. The van der Waals surface area contributed by atoms with Crippen molar-refractivity contribution in [3.05, 3.63) is 52.5 Å². The molecule has 0 saturated heterocycles. The number of nitrogens with one attached hydrogen (secondary N) is 1. The Morgan fingerprint density at radius 2 is 1.91 bits per heavy atom.